The first-order chi connectivity index (χ1) is 25.4. The Bertz CT molecular complexity index is 2100. The van der Waals surface area contributed by atoms with E-state index in [4.69, 9.17) is 13.9 Å². The van der Waals surface area contributed by atoms with E-state index in [0.717, 1.165) is 41.8 Å². The van der Waals surface area contributed by atoms with E-state index in [1.807, 2.05) is 67.6 Å². The van der Waals surface area contributed by atoms with E-state index in [-0.39, 0.29) is 42.1 Å². The summed E-state index contributed by atoms with van der Waals surface area (Å²) in [6.45, 7) is 7.13. The first-order valence-electron chi connectivity index (χ1n) is 18.7. The highest BCUT2D eigenvalue weighted by Crippen LogP contribution is 2.63. The summed E-state index contributed by atoms with van der Waals surface area (Å²) in [7, 11) is -3.82. The number of aryl methyl sites for hydroxylation is 1. The third kappa shape index (κ3) is 6.84. The van der Waals surface area contributed by atoms with Crippen LogP contribution in [-0.4, -0.2) is 66.1 Å². The summed E-state index contributed by atoms with van der Waals surface area (Å²) in [5, 5.41) is 0. The maximum Gasteiger partial charge on any atom is 0.415 e. The molecule has 2 saturated heterocycles. The number of fused-ring (bicyclic) bond motifs is 2. The van der Waals surface area contributed by atoms with E-state index in [1.54, 1.807) is 29.2 Å². The lowest BCUT2D eigenvalue weighted by atomic mass is 9.49. The lowest BCUT2D eigenvalue weighted by Crippen LogP contribution is -2.57. The Labute approximate surface area is 311 Å². The minimum Gasteiger partial charge on any atom is -0.493 e. The van der Waals surface area contributed by atoms with Gasteiger partial charge < -0.3 is 18.8 Å². The van der Waals surface area contributed by atoms with Gasteiger partial charge in [0.15, 0.2) is 0 Å². The van der Waals surface area contributed by atoms with Crippen molar-refractivity contribution in [1.82, 2.24) is 14.2 Å². The Balaban J connectivity index is 0.996. The van der Waals surface area contributed by atoms with Gasteiger partial charge in [-0.05, 0) is 98.2 Å². The van der Waals surface area contributed by atoms with Crippen LogP contribution in [-0.2, 0) is 27.7 Å². The smallest absolute Gasteiger partial charge is 0.415 e. The normalized spacial score (nSPS) is 26.7. The first-order valence-corrected chi connectivity index (χ1v) is 20.3. The van der Waals surface area contributed by atoms with Gasteiger partial charge in [-0.2, -0.15) is 0 Å². The van der Waals surface area contributed by atoms with Crippen LogP contribution in [0.15, 0.2) is 89.3 Å². The van der Waals surface area contributed by atoms with Crippen molar-refractivity contribution in [3.63, 3.8) is 0 Å². The van der Waals surface area contributed by atoms with E-state index in [2.05, 4.69) is 18.8 Å². The van der Waals surface area contributed by atoms with Crippen LogP contribution in [0.1, 0.15) is 56.5 Å². The highest BCUT2D eigenvalue weighted by Gasteiger charge is 2.65. The third-order valence-electron chi connectivity index (χ3n) is 12.3. The van der Waals surface area contributed by atoms with Gasteiger partial charge in [0, 0.05) is 30.5 Å². The van der Waals surface area contributed by atoms with Crippen molar-refractivity contribution < 1.29 is 31.9 Å². The topological polar surface area (TPSA) is 119 Å². The van der Waals surface area contributed by atoms with Crippen LogP contribution in [0.25, 0.3) is 11.5 Å². The predicted molar refractivity (Wildman–Crippen MR) is 200 cm³/mol. The average molecular weight is 738 g/mol. The summed E-state index contributed by atoms with van der Waals surface area (Å²) >= 11 is 0. The molecule has 3 aromatic carbocycles. The SMILES string of the molecule is Cc1oc(-c2ccccc2)nc1CCOc1cccc(C[C@@H]2CN(C(=O)Oc3ccccc3)C[C@H]2C(=O)N2[C@@H]3CC4CC[C@@]3(CC4(C)C)CS2(=O)=O)c1. The first kappa shape index (κ1) is 35.4. The molecule has 3 saturated carbocycles. The van der Waals surface area contributed by atoms with E-state index in [1.165, 1.54) is 4.31 Å². The fourth-order valence-electron chi connectivity index (χ4n) is 9.73. The monoisotopic (exact) mass is 737 g/mol. The summed E-state index contributed by atoms with van der Waals surface area (Å²) in [6.07, 6.45) is 3.81. The molecule has 5 fully saturated rings. The molecule has 3 heterocycles. The van der Waals surface area contributed by atoms with Crippen molar-refractivity contribution in [1.29, 1.82) is 0 Å². The van der Waals surface area contributed by atoms with Gasteiger partial charge in [0.25, 0.3) is 0 Å². The van der Waals surface area contributed by atoms with E-state index in [9.17, 15) is 18.0 Å². The number of hydrogen-bond acceptors (Lipinski definition) is 8. The second-order valence-corrected chi connectivity index (χ2v) is 18.0. The number of likely N-dealkylation sites (tertiary alicyclic amines) is 1. The number of ether oxygens (including phenoxy) is 2. The fourth-order valence-corrected chi connectivity index (χ4v) is 12.1. The minimum atomic E-state index is -3.82. The van der Waals surface area contributed by atoms with Gasteiger partial charge in [0.2, 0.25) is 21.8 Å². The number of aromatic nitrogens is 1. The van der Waals surface area contributed by atoms with Crippen molar-refractivity contribution in [2.45, 2.75) is 65.3 Å². The number of rotatable bonds is 9. The van der Waals surface area contributed by atoms with Gasteiger partial charge in [-0.3, -0.25) is 4.79 Å². The van der Waals surface area contributed by atoms with Gasteiger partial charge in [0.1, 0.15) is 17.3 Å². The molecule has 278 valence electrons. The predicted octanol–water partition coefficient (Wildman–Crippen LogP) is 7.32. The molecule has 0 radical (unpaired) electrons. The van der Waals surface area contributed by atoms with Crippen LogP contribution < -0.4 is 9.47 Å². The molecule has 5 atom stereocenters. The Morgan fingerprint density at radius 3 is 2.45 bits per heavy atom. The molecule has 11 heteroatoms. The van der Waals surface area contributed by atoms with Gasteiger partial charge in [0.05, 0.1) is 30.0 Å². The van der Waals surface area contributed by atoms with Crippen LogP contribution in [0, 0.1) is 35.5 Å². The number of oxazole rings is 1. The lowest BCUT2D eigenvalue weighted by molar-refractivity contribution is -0.139. The number of nitrogens with zero attached hydrogens (tertiary/aromatic N) is 3. The molecule has 5 aliphatic rings. The molecule has 1 unspecified atom stereocenters. The molecule has 0 N–H and O–H groups in total. The largest absolute Gasteiger partial charge is 0.493 e. The molecular formula is C42H47N3O7S. The van der Waals surface area contributed by atoms with Crippen molar-refractivity contribution in [2.24, 2.45) is 28.6 Å². The van der Waals surface area contributed by atoms with Crippen LogP contribution in [0.2, 0.25) is 0 Å². The molecule has 10 nitrogen and oxygen atoms in total. The maximum absolute atomic E-state index is 14.7. The molecule has 2 amide bonds. The van der Waals surface area contributed by atoms with Crippen LogP contribution in [0.5, 0.6) is 11.5 Å². The standard InChI is InChI=1S/C42H47N3O7S/c1-28-36(43-38(51-28)30-12-6-4-7-13-30)18-20-50-34-16-10-11-29(22-34)21-31-24-44(40(47)52-33-14-8-5-9-15-33)25-35(31)39(46)45-37-23-32-17-19-42(37,26-41(32,2)3)27-53(45,48)49/h4-16,22,31-32,35,37H,17-21,23-27H2,1-3H3/t31-,32?,35-,37-,42-/m1/s1. The second-order valence-electron chi connectivity index (χ2n) is 16.2. The molecule has 1 spiro atoms. The van der Waals surface area contributed by atoms with Crippen molar-refractivity contribution in [2.75, 3.05) is 25.4 Å². The van der Waals surface area contributed by atoms with Gasteiger partial charge >= 0.3 is 6.09 Å². The number of hydrogen-bond donors (Lipinski definition) is 0. The summed E-state index contributed by atoms with van der Waals surface area (Å²) in [5.74, 6) is 1.41. The number of carbonyl (C=O) groups excluding carboxylic acids is 2. The van der Waals surface area contributed by atoms with E-state index >= 15 is 0 Å². The molecule has 2 bridgehead atoms. The summed E-state index contributed by atoms with van der Waals surface area (Å²) in [6, 6.07) is 26.1. The molecule has 3 aliphatic carbocycles. The number of para-hydroxylation sites is 1. The average Bonchev–Trinajstić information content (AvgIpc) is 3.79. The molecule has 4 aromatic rings. The molecular weight excluding hydrogens is 691 g/mol. The zero-order valence-corrected chi connectivity index (χ0v) is 31.4. The van der Waals surface area contributed by atoms with Crippen molar-refractivity contribution in [3.8, 4) is 23.0 Å². The number of carbonyl (C=O) groups is 2. The molecule has 9 rings (SSSR count). The Kier molecular flexibility index (Phi) is 9.11. The highest BCUT2D eigenvalue weighted by molar-refractivity contribution is 7.90. The van der Waals surface area contributed by atoms with Gasteiger partial charge in [-0.25, -0.2) is 22.5 Å². The minimum absolute atomic E-state index is 0.0184. The molecule has 1 aromatic heterocycles. The van der Waals surface area contributed by atoms with Crippen LogP contribution >= 0.6 is 0 Å². The number of sulfonamides is 1. The number of benzene rings is 3. The van der Waals surface area contributed by atoms with Crippen molar-refractivity contribution >= 4 is 22.0 Å². The Morgan fingerprint density at radius 2 is 1.70 bits per heavy atom. The molecule has 53 heavy (non-hydrogen) atoms. The van der Waals surface area contributed by atoms with Gasteiger partial charge in [-0.15, -0.1) is 0 Å². The summed E-state index contributed by atoms with van der Waals surface area (Å²) in [5.41, 5.74) is 2.33. The van der Waals surface area contributed by atoms with E-state index < -0.39 is 27.4 Å². The lowest BCUT2D eigenvalue weighted by Gasteiger charge is -2.57. The fraction of sp³-hybridized carbons (Fsp3) is 0.452. The van der Waals surface area contributed by atoms with Crippen LogP contribution in [0.4, 0.5) is 4.79 Å². The maximum atomic E-state index is 14.7. The summed E-state index contributed by atoms with van der Waals surface area (Å²) in [4.78, 5) is 34.4. The zero-order chi connectivity index (χ0) is 37.0. The van der Waals surface area contributed by atoms with E-state index in [0.29, 0.717) is 49.2 Å². The van der Waals surface area contributed by atoms with Crippen molar-refractivity contribution in [3.05, 3.63) is 102 Å². The Hall–Kier alpha value is -4.64. The zero-order valence-electron chi connectivity index (χ0n) is 30.6. The third-order valence-corrected chi connectivity index (χ3v) is 14.2. The number of amides is 2. The second kappa shape index (κ2) is 13.6. The highest BCUT2D eigenvalue weighted by atomic mass is 32.2. The molecule has 2 aliphatic heterocycles. The van der Waals surface area contributed by atoms with Crippen LogP contribution in [0.3, 0.4) is 0 Å². The Morgan fingerprint density at radius 1 is 0.962 bits per heavy atom. The quantitative estimate of drug-likeness (QED) is 0.175. The van der Waals surface area contributed by atoms with Gasteiger partial charge in [-0.1, -0.05) is 62.4 Å². The summed E-state index contributed by atoms with van der Waals surface area (Å²) < 4.78 is 47.0.